The Morgan fingerprint density at radius 2 is 1.59 bits per heavy atom. The molecule has 6 heteroatoms. The predicted octanol–water partition coefficient (Wildman–Crippen LogP) is 3.03. The van der Waals surface area contributed by atoms with Gasteiger partial charge in [0.05, 0.1) is 0 Å². The van der Waals surface area contributed by atoms with Crippen molar-refractivity contribution in [1.29, 1.82) is 0 Å². The molecular weight excluding hydrogens is 240 g/mol. The number of esters is 1. The fourth-order valence-corrected chi connectivity index (χ4v) is 0.993. The normalized spacial score (nSPS) is 10.2. The minimum Gasteiger partial charge on any atom is -0.417 e. The van der Waals surface area contributed by atoms with Crippen molar-refractivity contribution in [3.05, 3.63) is 41.0 Å². The molecule has 0 unspecified atom stereocenters. The zero-order chi connectivity index (χ0) is 13.3. The fraction of sp³-hybridized carbons (Fsp3) is 0.182. The monoisotopic (exact) mass is 248 g/mol. The molecule has 0 N–H and O–H groups in total. The molecule has 1 aromatic carbocycles. The Kier molecular flexibility index (Phi) is 3.55. The van der Waals surface area contributed by atoms with Crippen LogP contribution >= 0.6 is 0 Å². The van der Waals surface area contributed by atoms with E-state index in [1.165, 1.54) is 6.92 Å². The zero-order valence-electron chi connectivity index (χ0n) is 9.04. The number of hydrogen-bond acceptors (Lipinski definition) is 2. The topological polar surface area (TPSA) is 26.3 Å². The maximum absolute atomic E-state index is 13.4. The quantitative estimate of drug-likeness (QED) is 0.201. The van der Waals surface area contributed by atoms with Gasteiger partial charge >= 0.3 is 5.97 Å². The predicted molar refractivity (Wildman–Crippen MR) is 51.5 cm³/mol. The lowest BCUT2D eigenvalue weighted by atomic mass is 10.2. The van der Waals surface area contributed by atoms with Gasteiger partial charge in [-0.1, -0.05) is 6.58 Å². The van der Waals surface area contributed by atoms with Crippen molar-refractivity contribution < 1.29 is 27.1 Å². The molecule has 0 aliphatic heterocycles. The van der Waals surface area contributed by atoms with Crippen LogP contribution in [0.15, 0.2) is 12.2 Å². The van der Waals surface area contributed by atoms with Gasteiger partial charge in [0.25, 0.3) is 0 Å². The maximum Gasteiger partial charge on any atom is 0.338 e. The SMILES string of the molecule is C=C(C)C(=O)Oc1c(F)c(C)c(F)c(F)c1F. The van der Waals surface area contributed by atoms with Crippen LogP contribution in [0.4, 0.5) is 17.6 Å². The summed E-state index contributed by atoms with van der Waals surface area (Å²) in [6.07, 6.45) is 0. The highest BCUT2D eigenvalue weighted by atomic mass is 19.2. The van der Waals surface area contributed by atoms with E-state index in [-0.39, 0.29) is 5.57 Å². The second-order valence-electron chi connectivity index (χ2n) is 3.38. The minimum absolute atomic E-state index is 0.133. The van der Waals surface area contributed by atoms with E-state index in [1.54, 1.807) is 0 Å². The molecule has 2 nitrogen and oxygen atoms in total. The number of benzene rings is 1. The first-order valence-electron chi connectivity index (χ1n) is 4.47. The smallest absolute Gasteiger partial charge is 0.338 e. The van der Waals surface area contributed by atoms with Crippen LogP contribution in [-0.4, -0.2) is 5.97 Å². The molecule has 0 aromatic heterocycles. The molecular formula is C11H8F4O2. The summed E-state index contributed by atoms with van der Waals surface area (Å²) in [7, 11) is 0. The van der Waals surface area contributed by atoms with Gasteiger partial charge < -0.3 is 4.74 Å². The highest BCUT2D eigenvalue weighted by Gasteiger charge is 2.26. The molecule has 17 heavy (non-hydrogen) atoms. The molecule has 92 valence electrons. The molecule has 0 aliphatic rings. The number of carbonyl (C=O) groups is 1. The van der Waals surface area contributed by atoms with Gasteiger partial charge in [0.15, 0.2) is 17.5 Å². The number of ether oxygens (including phenoxy) is 1. The third-order valence-electron chi connectivity index (χ3n) is 1.99. The van der Waals surface area contributed by atoms with Gasteiger partial charge in [-0.2, -0.15) is 4.39 Å². The summed E-state index contributed by atoms with van der Waals surface area (Å²) in [6.45, 7) is 5.32. The van der Waals surface area contributed by atoms with E-state index >= 15 is 0 Å². The van der Waals surface area contributed by atoms with Crippen molar-refractivity contribution in [2.45, 2.75) is 13.8 Å². The standard InChI is InChI=1S/C11H8F4O2/c1-4(2)11(16)17-10-7(13)5(3)6(12)8(14)9(10)15/h1H2,2-3H3. The molecule has 0 heterocycles. The Morgan fingerprint density at radius 1 is 1.06 bits per heavy atom. The van der Waals surface area contributed by atoms with E-state index in [1.807, 2.05) is 0 Å². The first-order valence-corrected chi connectivity index (χ1v) is 4.47. The van der Waals surface area contributed by atoms with Gasteiger partial charge in [0.2, 0.25) is 11.6 Å². The largest absolute Gasteiger partial charge is 0.417 e. The molecule has 1 aromatic rings. The Hall–Kier alpha value is -1.85. The number of hydrogen-bond donors (Lipinski definition) is 0. The molecule has 0 bridgehead atoms. The van der Waals surface area contributed by atoms with Crippen molar-refractivity contribution in [3.63, 3.8) is 0 Å². The summed E-state index contributed by atoms with van der Waals surface area (Å²) in [4.78, 5) is 11.1. The Morgan fingerprint density at radius 3 is 2.06 bits per heavy atom. The van der Waals surface area contributed by atoms with Crippen LogP contribution in [0.25, 0.3) is 0 Å². The maximum atomic E-state index is 13.4. The lowest BCUT2D eigenvalue weighted by molar-refractivity contribution is -0.130. The van der Waals surface area contributed by atoms with E-state index in [0.717, 1.165) is 6.92 Å². The lowest BCUT2D eigenvalue weighted by Gasteiger charge is -2.09. The zero-order valence-corrected chi connectivity index (χ0v) is 9.04. The van der Waals surface area contributed by atoms with E-state index in [0.29, 0.717) is 0 Å². The summed E-state index contributed by atoms with van der Waals surface area (Å²) in [5.74, 6) is -9.30. The van der Waals surface area contributed by atoms with Crippen LogP contribution in [0, 0.1) is 30.2 Å². The summed E-state index contributed by atoms with van der Waals surface area (Å²) < 4.78 is 56.7. The van der Waals surface area contributed by atoms with E-state index in [9.17, 15) is 22.4 Å². The first kappa shape index (κ1) is 13.2. The van der Waals surface area contributed by atoms with Crippen LogP contribution < -0.4 is 4.74 Å². The molecule has 0 atom stereocenters. The molecule has 0 spiro atoms. The Labute approximate surface area is 94.5 Å². The van der Waals surface area contributed by atoms with Crippen molar-refractivity contribution >= 4 is 5.97 Å². The van der Waals surface area contributed by atoms with Crippen LogP contribution in [0.5, 0.6) is 5.75 Å². The van der Waals surface area contributed by atoms with Crippen molar-refractivity contribution in [2.75, 3.05) is 0 Å². The summed E-state index contributed by atoms with van der Waals surface area (Å²) in [5.41, 5.74) is -0.903. The van der Waals surface area contributed by atoms with Crippen LogP contribution in [-0.2, 0) is 4.79 Å². The number of halogens is 4. The molecule has 0 saturated carbocycles. The highest BCUT2D eigenvalue weighted by Crippen LogP contribution is 2.29. The minimum atomic E-state index is -1.89. The van der Waals surface area contributed by atoms with E-state index in [4.69, 9.17) is 0 Å². The third-order valence-corrected chi connectivity index (χ3v) is 1.99. The summed E-state index contributed by atoms with van der Waals surface area (Å²) >= 11 is 0. The summed E-state index contributed by atoms with van der Waals surface area (Å²) in [5, 5.41) is 0. The summed E-state index contributed by atoms with van der Waals surface area (Å²) in [6, 6.07) is 0. The van der Waals surface area contributed by atoms with Crippen molar-refractivity contribution in [2.24, 2.45) is 0 Å². The highest BCUT2D eigenvalue weighted by molar-refractivity contribution is 5.88. The molecule has 1 rings (SSSR count). The second-order valence-corrected chi connectivity index (χ2v) is 3.38. The lowest BCUT2D eigenvalue weighted by Crippen LogP contribution is -2.13. The third kappa shape index (κ3) is 2.30. The second kappa shape index (κ2) is 4.57. The van der Waals surface area contributed by atoms with Gasteiger partial charge in [0, 0.05) is 11.1 Å². The van der Waals surface area contributed by atoms with Crippen LogP contribution in [0.3, 0.4) is 0 Å². The Balaban J connectivity index is 3.35. The van der Waals surface area contributed by atoms with Crippen LogP contribution in [0.1, 0.15) is 12.5 Å². The first-order chi connectivity index (χ1) is 7.77. The number of rotatable bonds is 2. The Bertz CT molecular complexity index is 480. The van der Waals surface area contributed by atoms with Gasteiger partial charge in [-0.15, -0.1) is 0 Å². The van der Waals surface area contributed by atoms with Crippen molar-refractivity contribution in [1.82, 2.24) is 0 Å². The number of carbonyl (C=O) groups excluding carboxylic acids is 1. The molecule has 0 saturated heterocycles. The average molecular weight is 248 g/mol. The molecule has 0 fully saturated rings. The molecule has 0 radical (unpaired) electrons. The van der Waals surface area contributed by atoms with Gasteiger partial charge in [-0.05, 0) is 13.8 Å². The van der Waals surface area contributed by atoms with Crippen LogP contribution in [0.2, 0.25) is 0 Å². The average Bonchev–Trinajstić information content (AvgIpc) is 2.29. The van der Waals surface area contributed by atoms with Gasteiger partial charge in [-0.25, -0.2) is 18.0 Å². The van der Waals surface area contributed by atoms with E-state index < -0.39 is 40.6 Å². The van der Waals surface area contributed by atoms with Crippen molar-refractivity contribution in [3.8, 4) is 5.75 Å². The fourth-order valence-electron chi connectivity index (χ4n) is 0.993. The molecule has 0 amide bonds. The van der Waals surface area contributed by atoms with E-state index in [2.05, 4.69) is 11.3 Å². The van der Waals surface area contributed by atoms with Gasteiger partial charge in [0.1, 0.15) is 0 Å². The van der Waals surface area contributed by atoms with Gasteiger partial charge in [-0.3, -0.25) is 0 Å². The molecule has 0 aliphatic carbocycles.